The predicted molar refractivity (Wildman–Crippen MR) is 57.6 cm³/mol. The molecule has 0 radical (unpaired) electrons. The van der Waals surface area contributed by atoms with Crippen LogP contribution in [0.15, 0.2) is 36.0 Å². The van der Waals surface area contributed by atoms with Crippen LogP contribution >= 0.6 is 11.6 Å². The Hall–Kier alpha value is -1.35. The van der Waals surface area contributed by atoms with Crippen molar-refractivity contribution in [2.24, 2.45) is 0 Å². The second kappa shape index (κ2) is 5.40. The minimum atomic E-state index is -0.331. The summed E-state index contributed by atoms with van der Waals surface area (Å²) in [6, 6.07) is 6.32. The van der Waals surface area contributed by atoms with Gasteiger partial charge in [0.2, 0.25) is 0 Å². The third kappa shape index (κ3) is 2.85. The fraction of sp³-hybridized carbons (Fsp3) is 0.100. The number of hydrogen-bond donors (Lipinski definition) is 2. The molecular weight excluding hydrogens is 203 g/mol. The van der Waals surface area contributed by atoms with Crippen LogP contribution in [-0.2, 0) is 0 Å². The molecule has 0 fully saturated rings. The lowest BCUT2D eigenvalue weighted by Gasteiger charge is -2.02. The van der Waals surface area contributed by atoms with Crippen molar-refractivity contribution in [2.45, 2.75) is 0 Å². The van der Waals surface area contributed by atoms with Crippen molar-refractivity contribution in [3.05, 3.63) is 41.9 Å². The molecule has 0 aromatic heterocycles. The van der Waals surface area contributed by atoms with E-state index in [0.29, 0.717) is 11.3 Å². The van der Waals surface area contributed by atoms with Crippen molar-refractivity contribution in [3.8, 4) is 0 Å². The molecule has 2 nitrogen and oxygen atoms in total. The number of rotatable bonds is 4. The van der Waals surface area contributed by atoms with Crippen molar-refractivity contribution in [1.29, 1.82) is 5.41 Å². The maximum atomic E-state index is 13.1. The molecule has 0 aliphatic carbocycles. The zero-order valence-corrected chi connectivity index (χ0v) is 8.18. The highest BCUT2D eigenvalue weighted by atomic mass is 35.5. The lowest BCUT2D eigenvalue weighted by molar-refractivity contribution is 0.632. The molecule has 0 bridgehead atoms. The van der Waals surface area contributed by atoms with E-state index in [-0.39, 0.29) is 11.7 Å². The average molecular weight is 213 g/mol. The second-order valence-electron chi connectivity index (χ2n) is 2.62. The molecule has 74 valence electrons. The minimum absolute atomic E-state index is 0.227. The maximum Gasteiger partial charge on any atom is 0.146 e. The largest absolute Gasteiger partial charge is 0.359 e. The molecule has 0 atom stereocenters. The first-order chi connectivity index (χ1) is 6.77. The topological polar surface area (TPSA) is 35.9 Å². The van der Waals surface area contributed by atoms with Gasteiger partial charge < -0.3 is 10.7 Å². The van der Waals surface area contributed by atoms with E-state index in [2.05, 4.69) is 5.32 Å². The number of nitrogens with one attached hydrogen (secondary N) is 2. The summed E-state index contributed by atoms with van der Waals surface area (Å²) < 4.78 is 13.1. The number of para-hydroxylation sites is 1. The van der Waals surface area contributed by atoms with Gasteiger partial charge in [0, 0.05) is 18.0 Å². The van der Waals surface area contributed by atoms with Gasteiger partial charge in [-0.3, -0.25) is 0 Å². The van der Waals surface area contributed by atoms with E-state index in [1.54, 1.807) is 18.2 Å². The summed E-state index contributed by atoms with van der Waals surface area (Å²) in [5.41, 5.74) is 0.965. The van der Waals surface area contributed by atoms with Crippen molar-refractivity contribution in [3.63, 3.8) is 0 Å². The van der Waals surface area contributed by atoms with Crippen LogP contribution in [0.3, 0.4) is 0 Å². The number of halogens is 2. The molecule has 4 heteroatoms. The molecule has 0 saturated carbocycles. The molecule has 0 unspecified atom stereocenters. The summed E-state index contributed by atoms with van der Waals surface area (Å²) in [5, 5.41) is 9.71. The smallest absolute Gasteiger partial charge is 0.146 e. The summed E-state index contributed by atoms with van der Waals surface area (Å²) >= 11 is 5.52. The maximum absolute atomic E-state index is 13.1. The summed E-state index contributed by atoms with van der Waals surface area (Å²) in [4.78, 5) is 0. The van der Waals surface area contributed by atoms with Gasteiger partial charge in [0.05, 0.1) is 11.6 Å². The van der Waals surface area contributed by atoms with Crippen molar-refractivity contribution < 1.29 is 4.39 Å². The van der Waals surface area contributed by atoms with Gasteiger partial charge in [0.25, 0.3) is 0 Å². The Bertz CT molecular complexity index is 350. The standard InChI is InChI=1S/C10H10ClFN2/c11-5-8(6-13)7-14-10-4-2-1-3-9(10)12/h1-4,6-7,13-14H,5H2/b8-7-,13-6?. The van der Waals surface area contributed by atoms with E-state index in [9.17, 15) is 4.39 Å². The SMILES string of the molecule is N=C/C(=C\Nc1ccccc1F)CCl. The van der Waals surface area contributed by atoms with Gasteiger partial charge >= 0.3 is 0 Å². The van der Waals surface area contributed by atoms with E-state index in [1.807, 2.05) is 0 Å². The third-order valence-electron chi connectivity index (χ3n) is 1.63. The van der Waals surface area contributed by atoms with Crippen LogP contribution in [-0.4, -0.2) is 12.1 Å². The molecule has 0 amide bonds. The Balaban J connectivity index is 2.74. The Labute approximate surface area is 86.9 Å². The first-order valence-electron chi connectivity index (χ1n) is 4.04. The molecule has 0 aliphatic heterocycles. The van der Waals surface area contributed by atoms with Crippen LogP contribution in [0.25, 0.3) is 0 Å². The van der Waals surface area contributed by atoms with Gasteiger partial charge in [-0.25, -0.2) is 4.39 Å². The van der Waals surface area contributed by atoms with Gasteiger partial charge in [-0.2, -0.15) is 0 Å². The average Bonchev–Trinajstić information content (AvgIpc) is 2.22. The normalized spacial score (nSPS) is 11.1. The monoisotopic (exact) mass is 212 g/mol. The van der Waals surface area contributed by atoms with E-state index in [0.717, 1.165) is 6.21 Å². The summed E-state index contributed by atoms with van der Waals surface area (Å²) in [6.07, 6.45) is 2.64. The summed E-state index contributed by atoms with van der Waals surface area (Å²) in [7, 11) is 0. The van der Waals surface area contributed by atoms with Gasteiger partial charge in [-0.15, -0.1) is 11.6 Å². The molecule has 2 N–H and O–H groups in total. The molecule has 0 aliphatic rings. The summed E-state index contributed by atoms with van der Waals surface area (Å²) in [6.45, 7) is 0. The van der Waals surface area contributed by atoms with Gasteiger partial charge in [0.1, 0.15) is 5.82 Å². The highest BCUT2D eigenvalue weighted by molar-refractivity contribution is 6.21. The van der Waals surface area contributed by atoms with Crippen LogP contribution in [0.1, 0.15) is 0 Å². The van der Waals surface area contributed by atoms with E-state index < -0.39 is 0 Å². The van der Waals surface area contributed by atoms with Crippen LogP contribution in [0.2, 0.25) is 0 Å². The van der Waals surface area contributed by atoms with Crippen LogP contribution < -0.4 is 5.32 Å². The molecule has 14 heavy (non-hydrogen) atoms. The molecule has 0 heterocycles. The van der Waals surface area contributed by atoms with Gasteiger partial charge in [-0.05, 0) is 12.1 Å². The number of hydrogen-bond acceptors (Lipinski definition) is 2. The quantitative estimate of drug-likeness (QED) is 0.584. The summed E-state index contributed by atoms with van der Waals surface area (Å²) in [5.74, 6) is -0.104. The number of benzene rings is 1. The number of alkyl halides is 1. The molecule has 1 rings (SSSR count). The van der Waals surface area contributed by atoms with E-state index in [4.69, 9.17) is 17.0 Å². The third-order valence-corrected chi connectivity index (χ3v) is 1.94. The van der Waals surface area contributed by atoms with Gasteiger partial charge in [0.15, 0.2) is 0 Å². The lowest BCUT2D eigenvalue weighted by atomic mass is 10.3. The van der Waals surface area contributed by atoms with Crippen molar-refractivity contribution >= 4 is 23.5 Å². The molecule has 0 saturated heterocycles. The van der Waals surface area contributed by atoms with Crippen LogP contribution in [0.5, 0.6) is 0 Å². The van der Waals surface area contributed by atoms with E-state index >= 15 is 0 Å². The molecular formula is C10H10ClFN2. The van der Waals surface area contributed by atoms with Crippen LogP contribution in [0.4, 0.5) is 10.1 Å². The Morgan fingerprint density at radius 2 is 2.21 bits per heavy atom. The Morgan fingerprint density at radius 3 is 2.79 bits per heavy atom. The molecule has 0 spiro atoms. The Morgan fingerprint density at radius 1 is 1.50 bits per heavy atom. The first-order valence-corrected chi connectivity index (χ1v) is 4.58. The fourth-order valence-corrected chi connectivity index (χ4v) is 1.02. The van der Waals surface area contributed by atoms with Crippen LogP contribution in [0, 0.1) is 11.2 Å². The number of allylic oxidation sites excluding steroid dienone is 1. The molecule has 1 aromatic carbocycles. The first kappa shape index (κ1) is 10.7. The minimum Gasteiger partial charge on any atom is -0.359 e. The van der Waals surface area contributed by atoms with Gasteiger partial charge in [-0.1, -0.05) is 12.1 Å². The molecule has 1 aromatic rings. The van der Waals surface area contributed by atoms with Crippen molar-refractivity contribution in [2.75, 3.05) is 11.2 Å². The highest BCUT2D eigenvalue weighted by Gasteiger charge is 1.97. The fourth-order valence-electron chi connectivity index (χ4n) is 0.868. The zero-order chi connectivity index (χ0) is 10.4. The zero-order valence-electron chi connectivity index (χ0n) is 7.43. The lowest BCUT2D eigenvalue weighted by Crippen LogP contribution is -1.95. The second-order valence-corrected chi connectivity index (χ2v) is 2.89. The predicted octanol–water partition coefficient (Wildman–Crippen LogP) is 3.01. The van der Waals surface area contributed by atoms with E-state index in [1.165, 1.54) is 12.3 Å². The van der Waals surface area contributed by atoms with Crippen molar-refractivity contribution in [1.82, 2.24) is 0 Å². The number of anilines is 1. The Kier molecular flexibility index (Phi) is 4.13. The highest BCUT2D eigenvalue weighted by Crippen LogP contribution is 2.12.